The summed E-state index contributed by atoms with van der Waals surface area (Å²) in [5.74, 6) is 0.800. The number of hydrogen-bond donors (Lipinski definition) is 1. The van der Waals surface area contributed by atoms with E-state index in [0.717, 1.165) is 43.1 Å². The van der Waals surface area contributed by atoms with Gasteiger partial charge in [0.2, 0.25) is 5.88 Å². The van der Waals surface area contributed by atoms with Crippen LogP contribution in [0.5, 0.6) is 11.6 Å². The smallest absolute Gasteiger partial charge is 0.231 e. The van der Waals surface area contributed by atoms with Crippen molar-refractivity contribution >= 4 is 6.21 Å². The molecule has 0 saturated carbocycles. The van der Waals surface area contributed by atoms with Crippen molar-refractivity contribution < 1.29 is 14.0 Å². The van der Waals surface area contributed by atoms with E-state index in [1.165, 1.54) is 17.0 Å². The Kier molecular flexibility index (Phi) is 5.57. The first kappa shape index (κ1) is 19.1. The van der Waals surface area contributed by atoms with E-state index in [-0.39, 0.29) is 5.82 Å². The van der Waals surface area contributed by atoms with Crippen LogP contribution in [0.2, 0.25) is 0 Å². The second-order valence-corrected chi connectivity index (χ2v) is 7.26. The van der Waals surface area contributed by atoms with Crippen molar-refractivity contribution in [3.63, 3.8) is 0 Å². The molecule has 0 bridgehead atoms. The highest BCUT2D eigenvalue weighted by Gasteiger charge is 2.19. The van der Waals surface area contributed by atoms with Crippen LogP contribution in [0.4, 0.5) is 4.39 Å². The number of hydrogen-bond acceptors (Lipinski definition) is 4. The number of hydrazone groups is 1. The van der Waals surface area contributed by atoms with Gasteiger partial charge in [-0.3, -0.25) is 5.01 Å². The van der Waals surface area contributed by atoms with Crippen LogP contribution in [0, 0.1) is 12.7 Å². The molecule has 1 saturated heterocycles. The summed E-state index contributed by atoms with van der Waals surface area (Å²) in [5, 5.41) is 11.4. The summed E-state index contributed by atoms with van der Waals surface area (Å²) in [4.78, 5) is 1.52. The molecular formula is C22H25FN5O+. The fraction of sp³-hybridized carbons (Fsp3) is 0.273. The maximum absolute atomic E-state index is 13.3. The lowest BCUT2D eigenvalue weighted by atomic mass is 10.2. The molecule has 1 N–H and O–H groups in total. The van der Waals surface area contributed by atoms with E-state index < -0.39 is 0 Å². The summed E-state index contributed by atoms with van der Waals surface area (Å²) in [6.07, 6.45) is 1.82. The molecular weight excluding hydrogens is 369 g/mol. The van der Waals surface area contributed by atoms with Gasteiger partial charge in [-0.05, 0) is 43.3 Å². The quantitative estimate of drug-likeness (QED) is 0.676. The number of nitrogens with one attached hydrogen (secondary N) is 1. The molecule has 150 valence electrons. The maximum atomic E-state index is 13.3. The Morgan fingerprint density at radius 1 is 1.07 bits per heavy atom. The standard InChI is InChI=1S/C22H24FN5O/c1-17-21(16-24-27-14-12-26(2)13-15-27)22(29-20-10-8-18(23)9-11-20)28(25-17)19-6-4-3-5-7-19/h3-11,16H,12-15H2,1-2H3/p+1/b24-16-. The zero-order valence-electron chi connectivity index (χ0n) is 16.7. The van der Waals surface area contributed by atoms with Gasteiger partial charge in [-0.15, -0.1) is 0 Å². The van der Waals surface area contributed by atoms with Gasteiger partial charge in [0.25, 0.3) is 0 Å². The summed E-state index contributed by atoms with van der Waals surface area (Å²) in [6, 6.07) is 15.8. The van der Waals surface area contributed by atoms with Crippen LogP contribution in [0.15, 0.2) is 59.7 Å². The Hall–Kier alpha value is -3.19. The first-order valence-electron chi connectivity index (χ1n) is 9.79. The molecule has 1 aliphatic rings. The van der Waals surface area contributed by atoms with Gasteiger partial charge in [0.05, 0.1) is 56.4 Å². The number of piperazine rings is 1. The molecule has 0 unspecified atom stereocenters. The summed E-state index contributed by atoms with van der Waals surface area (Å²) >= 11 is 0. The van der Waals surface area contributed by atoms with Crippen LogP contribution in [-0.4, -0.2) is 54.2 Å². The number of aromatic nitrogens is 2. The van der Waals surface area contributed by atoms with E-state index >= 15 is 0 Å². The number of quaternary nitrogens is 1. The summed E-state index contributed by atoms with van der Waals surface area (Å²) in [7, 11) is 2.20. The minimum absolute atomic E-state index is 0.302. The average molecular weight is 394 g/mol. The van der Waals surface area contributed by atoms with Gasteiger partial charge in [-0.25, -0.2) is 4.39 Å². The number of para-hydroxylation sites is 1. The summed E-state index contributed by atoms with van der Waals surface area (Å²) in [5.41, 5.74) is 2.51. The highest BCUT2D eigenvalue weighted by atomic mass is 19.1. The number of ether oxygens (including phenoxy) is 1. The Labute approximate surface area is 169 Å². The zero-order valence-corrected chi connectivity index (χ0v) is 16.7. The number of likely N-dealkylation sites (N-methyl/N-ethyl adjacent to an activating group) is 1. The monoisotopic (exact) mass is 394 g/mol. The van der Waals surface area contributed by atoms with Gasteiger partial charge in [0.1, 0.15) is 11.6 Å². The van der Waals surface area contributed by atoms with E-state index in [0.29, 0.717) is 11.6 Å². The van der Waals surface area contributed by atoms with Crippen molar-refractivity contribution in [2.45, 2.75) is 6.92 Å². The van der Waals surface area contributed by atoms with Crippen LogP contribution < -0.4 is 9.64 Å². The lowest BCUT2D eigenvalue weighted by Gasteiger charge is -2.27. The molecule has 2 heterocycles. The summed E-state index contributed by atoms with van der Waals surface area (Å²) in [6.45, 7) is 5.91. The molecule has 3 aromatic rings. The number of benzene rings is 2. The third kappa shape index (κ3) is 4.46. The first-order chi connectivity index (χ1) is 14.1. The van der Waals surface area contributed by atoms with E-state index in [9.17, 15) is 4.39 Å². The zero-order chi connectivity index (χ0) is 20.2. The van der Waals surface area contributed by atoms with Gasteiger partial charge < -0.3 is 9.64 Å². The van der Waals surface area contributed by atoms with E-state index in [1.54, 1.807) is 16.8 Å². The molecule has 0 spiro atoms. The molecule has 0 radical (unpaired) electrons. The molecule has 6 nitrogen and oxygen atoms in total. The topological polar surface area (TPSA) is 47.1 Å². The number of aryl methyl sites for hydroxylation is 1. The van der Waals surface area contributed by atoms with Crippen molar-refractivity contribution in [2.24, 2.45) is 5.10 Å². The van der Waals surface area contributed by atoms with Gasteiger partial charge in [-0.1, -0.05) is 18.2 Å². The van der Waals surface area contributed by atoms with E-state index in [2.05, 4.69) is 22.3 Å². The third-order valence-electron chi connectivity index (χ3n) is 5.04. The second kappa shape index (κ2) is 8.45. The molecule has 0 aliphatic carbocycles. The van der Waals surface area contributed by atoms with Crippen LogP contribution in [0.25, 0.3) is 5.69 Å². The Bertz CT molecular complexity index is 976. The van der Waals surface area contributed by atoms with Crippen molar-refractivity contribution in [1.29, 1.82) is 0 Å². The van der Waals surface area contributed by atoms with E-state index in [4.69, 9.17) is 4.74 Å². The van der Waals surface area contributed by atoms with Gasteiger partial charge in [0, 0.05) is 0 Å². The van der Waals surface area contributed by atoms with Crippen LogP contribution in [0.1, 0.15) is 11.3 Å². The van der Waals surface area contributed by atoms with Crippen LogP contribution in [-0.2, 0) is 0 Å². The molecule has 1 fully saturated rings. The molecule has 29 heavy (non-hydrogen) atoms. The van der Waals surface area contributed by atoms with Crippen LogP contribution in [0.3, 0.4) is 0 Å². The Morgan fingerprint density at radius 2 is 1.76 bits per heavy atom. The number of nitrogens with zero attached hydrogens (tertiary/aromatic N) is 4. The molecule has 0 atom stereocenters. The summed E-state index contributed by atoms with van der Waals surface area (Å²) < 4.78 is 21.2. The molecule has 4 rings (SSSR count). The minimum Gasteiger partial charge on any atom is -0.438 e. The number of rotatable bonds is 5. The third-order valence-corrected chi connectivity index (χ3v) is 5.04. The van der Waals surface area contributed by atoms with Gasteiger partial charge >= 0.3 is 0 Å². The Balaban J connectivity index is 1.69. The number of halogens is 1. The van der Waals surface area contributed by atoms with E-state index in [1.807, 2.05) is 43.5 Å². The van der Waals surface area contributed by atoms with Crippen molar-refractivity contribution in [2.75, 3.05) is 33.2 Å². The fourth-order valence-electron chi connectivity index (χ4n) is 3.25. The highest BCUT2D eigenvalue weighted by molar-refractivity contribution is 5.84. The van der Waals surface area contributed by atoms with Crippen LogP contribution >= 0.6 is 0 Å². The predicted molar refractivity (Wildman–Crippen MR) is 111 cm³/mol. The minimum atomic E-state index is -0.302. The molecule has 0 amide bonds. The maximum Gasteiger partial charge on any atom is 0.231 e. The normalized spacial score (nSPS) is 15.2. The fourth-order valence-corrected chi connectivity index (χ4v) is 3.25. The largest absolute Gasteiger partial charge is 0.438 e. The Morgan fingerprint density at radius 3 is 2.45 bits per heavy atom. The van der Waals surface area contributed by atoms with Crippen molar-refractivity contribution in [1.82, 2.24) is 14.8 Å². The SMILES string of the molecule is Cc1nn(-c2ccccc2)c(Oc2ccc(F)cc2)c1/C=N\N1CC[NH+](C)CC1. The molecule has 1 aliphatic heterocycles. The van der Waals surface area contributed by atoms with Crippen molar-refractivity contribution in [3.05, 3.63) is 71.7 Å². The molecule has 7 heteroatoms. The molecule has 1 aromatic heterocycles. The van der Waals surface area contributed by atoms with Crippen molar-refractivity contribution in [3.8, 4) is 17.3 Å². The second-order valence-electron chi connectivity index (χ2n) is 7.26. The predicted octanol–water partition coefficient (Wildman–Crippen LogP) is 2.28. The highest BCUT2D eigenvalue weighted by Crippen LogP contribution is 2.29. The lowest BCUT2D eigenvalue weighted by molar-refractivity contribution is -0.884. The molecule has 2 aromatic carbocycles. The lowest BCUT2D eigenvalue weighted by Crippen LogP contribution is -3.11. The van der Waals surface area contributed by atoms with Gasteiger partial charge in [0.15, 0.2) is 0 Å². The average Bonchev–Trinajstić information content (AvgIpc) is 3.05. The first-order valence-corrected chi connectivity index (χ1v) is 9.79. The van der Waals surface area contributed by atoms with Gasteiger partial charge in [-0.2, -0.15) is 14.9 Å².